The lowest BCUT2D eigenvalue weighted by Crippen LogP contribution is -2.50. The Balaban J connectivity index is 1.62. The second-order valence-electron chi connectivity index (χ2n) is 6.47. The molecule has 3 unspecified atom stereocenters. The molecule has 6 heteroatoms. The summed E-state index contributed by atoms with van der Waals surface area (Å²) in [4.78, 5) is 26.4. The molecule has 3 rings (SSSR count). The molecule has 0 bridgehead atoms. The minimum atomic E-state index is -0.278. The van der Waals surface area contributed by atoms with Crippen molar-refractivity contribution in [1.82, 2.24) is 10.6 Å². The van der Waals surface area contributed by atoms with Gasteiger partial charge in [0.1, 0.15) is 0 Å². The first-order valence-electron chi connectivity index (χ1n) is 8.11. The number of piperidine rings is 1. The number of hydrogen-bond acceptors (Lipinski definition) is 3. The Morgan fingerprint density at radius 3 is 2.78 bits per heavy atom. The Hall–Kier alpha value is -1.59. The van der Waals surface area contributed by atoms with Crippen molar-refractivity contribution in [3.63, 3.8) is 0 Å². The molecule has 3 atom stereocenters. The van der Waals surface area contributed by atoms with Gasteiger partial charge in [-0.25, -0.2) is 0 Å². The summed E-state index contributed by atoms with van der Waals surface area (Å²) in [6, 6.07) is 7.34. The van der Waals surface area contributed by atoms with Gasteiger partial charge in [0, 0.05) is 29.7 Å². The van der Waals surface area contributed by atoms with Crippen LogP contribution in [0.15, 0.2) is 24.3 Å². The maximum absolute atomic E-state index is 12.5. The Labute approximate surface area is 141 Å². The lowest BCUT2D eigenvalue weighted by Gasteiger charge is -2.31. The van der Waals surface area contributed by atoms with Gasteiger partial charge in [0.15, 0.2) is 0 Å². The number of anilines is 1. The molecule has 0 spiro atoms. The van der Waals surface area contributed by atoms with Crippen LogP contribution >= 0.6 is 11.6 Å². The molecule has 23 heavy (non-hydrogen) atoms. The van der Waals surface area contributed by atoms with E-state index in [2.05, 4.69) is 17.6 Å². The second kappa shape index (κ2) is 6.89. The van der Waals surface area contributed by atoms with Gasteiger partial charge in [-0.1, -0.05) is 18.5 Å². The maximum Gasteiger partial charge on any atom is 0.227 e. The molecule has 2 aliphatic rings. The first-order valence-corrected chi connectivity index (χ1v) is 8.49. The first-order chi connectivity index (χ1) is 11.0. The topological polar surface area (TPSA) is 61.4 Å². The van der Waals surface area contributed by atoms with Crippen molar-refractivity contribution in [1.29, 1.82) is 0 Å². The van der Waals surface area contributed by atoms with Crippen LogP contribution in [0, 0.1) is 11.8 Å². The van der Waals surface area contributed by atoms with Crippen LogP contribution in [-0.4, -0.2) is 37.5 Å². The van der Waals surface area contributed by atoms with E-state index in [-0.39, 0.29) is 30.2 Å². The fraction of sp³-hybridized carbons (Fsp3) is 0.529. The number of benzene rings is 1. The minimum Gasteiger partial charge on any atom is -0.353 e. The molecule has 1 aromatic rings. The van der Waals surface area contributed by atoms with Crippen LogP contribution in [0.2, 0.25) is 5.02 Å². The van der Waals surface area contributed by atoms with Crippen molar-refractivity contribution in [2.75, 3.05) is 24.5 Å². The highest BCUT2D eigenvalue weighted by Gasteiger charge is 2.36. The van der Waals surface area contributed by atoms with Crippen molar-refractivity contribution >= 4 is 29.1 Å². The molecule has 2 saturated heterocycles. The monoisotopic (exact) mass is 335 g/mol. The van der Waals surface area contributed by atoms with Crippen LogP contribution in [-0.2, 0) is 9.59 Å². The zero-order valence-corrected chi connectivity index (χ0v) is 14.0. The number of nitrogens with one attached hydrogen (secondary N) is 2. The smallest absolute Gasteiger partial charge is 0.227 e. The van der Waals surface area contributed by atoms with Crippen molar-refractivity contribution in [3.8, 4) is 0 Å². The standard InChI is InChI=1S/C17H22ClN3O2/c1-11-9-19-7-6-15(11)20-17(23)12-8-16(22)21(10-12)14-4-2-13(18)3-5-14/h2-5,11-12,15,19H,6-10H2,1H3,(H,20,23). The lowest BCUT2D eigenvalue weighted by molar-refractivity contribution is -0.127. The molecule has 2 fully saturated rings. The summed E-state index contributed by atoms with van der Waals surface area (Å²) in [5, 5.41) is 7.09. The highest BCUT2D eigenvalue weighted by Crippen LogP contribution is 2.26. The molecule has 0 radical (unpaired) electrons. The summed E-state index contributed by atoms with van der Waals surface area (Å²) in [5.74, 6) is 0.122. The number of rotatable bonds is 3. The lowest BCUT2D eigenvalue weighted by atomic mass is 9.94. The van der Waals surface area contributed by atoms with Crippen LogP contribution in [0.4, 0.5) is 5.69 Å². The number of nitrogens with zero attached hydrogens (tertiary/aromatic N) is 1. The van der Waals surface area contributed by atoms with Gasteiger partial charge in [-0.3, -0.25) is 9.59 Å². The van der Waals surface area contributed by atoms with E-state index >= 15 is 0 Å². The van der Waals surface area contributed by atoms with Gasteiger partial charge in [0.25, 0.3) is 0 Å². The Morgan fingerprint density at radius 2 is 2.09 bits per heavy atom. The predicted octanol–water partition coefficient (Wildman–Crippen LogP) is 1.81. The van der Waals surface area contributed by atoms with Crippen LogP contribution in [0.3, 0.4) is 0 Å². The van der Waals surface area contributed by atoms with Gasteiger partial charge in [-0.2, -0.15) is 0 Å². The summed E-state index contributed by atoms with van der Waals surface area (Å²) >= 11 is 5.88. The Kier molecular flexibility index (Phi) is 4.87. The van der Waals surface area contributed by atoms with Crippen molar-refractivity contribution in [2.24, 2.45) is 11.8 Å². The summed E-state index contributed by atoms with van der Waals surface area (Å²) in [7, 11) is 0. The molecule has 2 heterocycles. The molecule has 124 valence electrons. The normalized spacial score (nSPS) is 28.0. The number of carbonyl (C=O) groups is 2. The van der Waals surface area contributed by atoms with Crippen molar-refractivity contribution in [2.45, 2.75) is 25.8 Å². The van der Waals surface area contributed by atoms with Crippen LogP contribution in [0.25, 0.3) is 0 Å². The summed E-state index contributed by atoms with van der Waals surface area (Å²) < 4.78 is 0. The molecule has 0 aliphatic carbocycles. The van der Waals surface area contributed by atoms with Crippen molar-refractivity contribution < 1.29 is 9.59 Å². The largest absolute Gasteiger partial charge is 0.353 e. The van der Waals surface area contributed by atoms with Gasteiger partial charge >= 0.3 is 0 Å². The molecule has 2 amide bonds. The van der Waals surface area contributed by atoms with E-state index in [4.69, 9.17) is 11.6 Å². The van der Waals surface area contributed by atoms with E-state index in [1.54, 1.807) is 17.0 Å². The molecule has 1 aromatic carbocycles. The highest BCUT2D eigenvalue weighted by atomic mass is 35.5. The van der Waals surface area contributed by atoms with Gasteiger partial charge in [-0.05, 0) is 49.7 Å². The average Bonchev–Trinajstić information content (AvgIpc) is 2.92. The zero-order valence-electron chi connectivity index (χ0n) is 13.2. The van der Waals surface area contributed by atoms with E-state index in [0.29, 0.717) is 17.5 Å². The predicted molar refractivity (Wildman–Crippen MR) is 90.5 cm³/mol. The third-order valence-corrected chi connectivity index (χ3v) is 5.00. The molecular formula is C17H22ClN3O2. The van der Waals surface area contributed by atoms with E-state index in [1.165, 1.54) is 0 Å². The fourth-order valence-electron chi connectivity index (χ4n) is 3.28. The first kappa shape index (κ1) is 16.3. The third-order valence-electron chi connectivity index (χ3n) is 4.75. The van der Waals surface area contributed by atoms with Gasteiger partial charge in [0.2, 0.25) is 11.8 Å². The van der Waals surface area contributed by atoms with Gasteiger partial charge in [0.05, 0.1) is 5.92 Å². The van der Waals surface area contributed by atoms with E-state index in [0.717, 1.165) is 25.2 Å². The summed E-state index contributed by atoms with van der Waals surface area (Å²) in [5.41, 5.74) is 0.796. The SMILES string of the molecule is CC1CNCCC1NC(=O)C1CC(=O)N(c2ccc(Cl)cc2)C1. The Bertz CT molecular complexity index is 590. The molecule has 0 aromatic heterocycles. The molecule has 5 nitrogen and oxygen atoms in total. The van der Waals surface area contributed by atoms with E-state index in [9.17, 15) is 9.59 Å². The third kappa shape index (κ3) is 3.67. The van der Waals surface area contributed by atoms with Crippen LogP contribution in [0.5, 0.6) is 0 Å². The molecule has 0 saturated carbocycles. The summed E-state index contributed by atoms with van der Waals surface area (Å²) in [6.07, 6.45) is 1.21. The average molecular weight is 336 g/mol. The van der Waals surface area contributed by atoms with Crippen LogP contribution in [0.1, 0.15) is 19.8 Å². The number of hydrogen-bond donors (Lipinski definition) is 2. The summed E-state index contributed by atoms with van der Waals surface area (Å²) in [6.45, 7) is 4.42. The van der Waals surface area contributed by atoms with Crippen LogP contribution < -0.4 is 15.5 Å². The van der Waals surface area contributed by atoms with Crippen molar-refractivity contribution in [3.05, 3.63) is 29.3 Å². The van der Waals surface area contributed by atoms with Gasteiger partial charge < -0.3 is 15.5 Å². The number of halogens is 1. The van der Waals surface area contributed by atoms with E-state index in [1.807, 2.05) is 12.1 Å². The fourth-order valence-corrected chi connectivity index (χ4v) is 3.41. The number of amides is 2. The molecular weight excluding hydrogens is 314 g/mol. The van der Waals surface area contributed by atoms with E-state index < -0.39 is 0 Å². The minimum absolute atomic E-state index is 0.00596. The Morgan fingerprint density at radius 1 is 1.35 bits per heavy atom. The van der Waals surface area contributed by atoms with Gasteiger partial charge in [-0.15, -0.1) is 0 Å². The molecule has 2 aliphatic heterocycles. The highest BCUT2D eigenvalue weighted by molar-refractivity contribution is 6.30. The number of carbonyl (C=O) groups excluding carboxylic acids is 2. The second-order valence-corrected chi connectivity index (χ2v) is 6.90. The zero-order chi connectivity index (χ0) is 16.4. The quantitative estimate of drug-likeness (QED) is 0.885. The molecule has 2 N–H and O–H groups in total. The maximum atomic E-state index is 12.5.